The highest BCUT2D eigenvalue weighted by Crippen LogP contribution is 2.36. The van der Waals surface area contributed by atoms with Gasteiger partial charge in [0.25, 0.3) is 0 Å². The van der Waals surface area contributed by atoms with Crippen molar-refractivity contribution in [3.05, 3.63) is 47.7 Å². The van der Waals surface area contributed by atoms with Crippen LogP contribution in [0.3, 0.4) is 0 Å². The van der Waals surface area contributed by atoms with Gasteiger partial charge in [0.05, 0.1) is 18.5 Å². The zero-order chi connectivity index (χ0) is 21.3. The third kappa shape index (κ3) is 5.20. The molecule has 1 aromatic carbocycles. The summed E-state index contributed by atoms with van der Waals surface area (Å²) in [6, 6.07) is 10.5. The molecule has 0 amide bonds. The molecule has 2 heterocycles. The lowest BCUT2D eigenvalue weighted by atomic mass is 9.88. The molecule has 1 aromatic heterocycles. The molecule has 1 atom stereocenters. The Bertz CT molecular complexity index is 829. The Balaban J connectivity index is 1.94. The van der Waals surface area contributed by atoms with Gasteiger partial charge in [0.1, 0.15) is 11.6 Å². The van der Waals surface area contributed by atoms with Gasteiger partial charge in [0.15, 0.2) is 0 Å². The maximum absolute atomic E-state index is 5.62. The van der Waals surface area contributed by atoms with E-state index in [0.717, 1.165) is 80.5 Å². The second-order valence-electron chi connectivity index (χ2n) is 7.61. The SMILES string of the molecule is CCOCCCC1CCc2c(cccc2OC)N=C1c1ccc(N(CC)CC)nc1. The van der Waals surface area contributed by atoms with Gasteiger partial charge >= 0.3 is 0 Å². The number of pyridine rings is 1. The van der Waals surface area contributed by atoms with E-state index >= 15 is 0 Å². The Hall–Kier alpha value is -2.40. The van der Waals surface area contributed by atoms with E-state index < -0.39 is 0 Å². The van der Waals surface area contributed by atoms with Crippen molar-refractivity contribution in [2.45, 2.75) is 46.5 Å². The Labute approximate surface area is 181 Å². The molecule has 30 heavy (non-hydrogen) atoms. The molecule has 0 saturated carbocycles. The third-order valence-corrected chi connectivity index (χ3v) is 5.88. The molecule has 0 radical (unpaired) electrons. The zero-order valence-electron chi connectivity index (χ0n) is 18.9. The minimum absolute atomic E-state index is 0.378. The standard InChI is InChI=1S/C25H35N3O2/c1-5-28(6-2)24-16-14-20(18-26-24)25-19(10-9-17-30-7-3)13-15-21-22(27-25)11-8-12-23(21)29-4/h8,11-12,14,16,18-19H,5-7,9-10,13,15,17H2,1-4H3. The molecule has 5 nitrogen and oxygen atoms in total. The van der Waals surface area contributed by atoms with E-state index in [9.17, 15) is 0 Å². The summed E-state index contributed by atoms with van der Waals surface area (Å²) >= 11 is 0. The number of ether oxygens (including phenoxy) is 2. The quantitative estimate of drug-likeness (QED) is 0.491. The molecule has 0 N–H and O–H groups in total. The molecule has 0 fully saturated rings. The van der Waals surface area contributed by atoms with Crippen molar-refractivity contribution in [3.8, 4) is 5.75 Å². The Morgan fingerprint density at radius 1 is 1.10 bits per heavy atom. The first-order valence-electron chi connectivity index (χ1n) is 11.2. The van der Waals surface area contributed by atoms with Crippen molar-refractivity contribution >= 4 is 17.2 Å². The van der Waals surface area contributed by atoms with Crippen molar-refractivity contribution in [2.75, 3.05) is 38.3 Å². The number of aliphatic imine (C=N–C) groups is 1. The smallest absolute Gasteiger partial charge is 0.128 e. The average molecular weight is 410 g/mol. The van der Waals surface area contributed by atoms with Gasteiger partial charge in [0, 0.05) is 49.5 Å². The molecule has 0 bridgehead atoms. The van der Waals surface area contributed by atoms with Crippen LogP contribution in [0.15, 0.2) is 41.5 Å². The molecule has 0 saturated heterocycles. The topological polar surface area (TPSA) is 47.0 Å². The number of methoxy groups -OCH3 is 1. The van der Waals surface area contributed by atoms with Gasteiger partial charge in [-0.1, -0.05) is 6.07 Å². The molecule has 1 aliphatic heterocycles. The first-order chi connectivity index (χ1) is 14.7. The van der Waals surface area contributed by atoms with Crippen LogP contribution in [0, 0.1) is 5.92 Å². The van der Waals surface area contributed by atoms with Crippen LogP contribution in [0.2, 0.25) is 0 Å². The summed E-state index contributed by atoms with van der Waals surface area (Å²) in [5.74, 6) is 2.33. The molecule has 2 aromatic rings. The average Bonchev–Trinajstić information content (AvgIpc) is 2.97. The van der Waals surface area contributed by atoms with Gasteiger partial charge in [-0.25, -0.2) is 4.98 Å². The maximum atomic E-state index is 5.62. The normalized spacial score (nSPS) is 15.9. The fourth-order valence-electron chi connectivity index (χ4n) is 4.21. The highest BCUT2D eigenvalue weighted by atomic mass is 16.5. The summed E-state index contributed by atoms with van der Waals surface area (Å²) in [7, 11) is 1.74. The summed E-state index contributed by atoms with van der Waals surface area (Å²) in [4.78, 5) is 12.2. The molecule has 162 valence electrons. The van der Waals surface area contributed by atoms with Crippen molar-refractivity contribution in [1.82, 2.24) is 4.98 Å². The lowest BCUT2D eigenvalue weighted by Gasteiger charge is -2.21. The summed E-state index contributed by atoms with van der Waals surface area (Å²) in [5, 5.41) is 0. The first kappa shape index (κ1) is 22.3. The van der Waals surface area contributed by atoms with E-state index in [0.29, 0.717) is 5.92 Å². The van der Waals surface area contributed by atoms with Gasteiger partial charge < -0.3 is 14.4 Å². The van der Waals surface area contributed by atoms with Gasteiger partial charge in [0.2, 0.25) is 0 Å². The monoisotopic (exact) mass is 409 g/mol. The highest BCUT2D eigenvalue weighted by Gasteiger charge is 2.24. The molecule has 3 rings (SSSR count). The van der Waals surface area contributed by atoms with Crippen molar-refractivity contribution in [1.29, 1.82) is 0 Å². The number of hydrogen-bond donors (Lipinski definition) is 0. The van der Waals surface area contributed by atoms with Crippen LogP contribution in [0.1, 0.15) is 51.2 Å². The molecular weight excluding hydrogens is 374 g/mol. The largest absolute Gasteiger partial charge is 0.496 e. The molecule has 1 unspecified atom stereocenters. The van der Waals surface area contributed by atoms with Gasteiger partial charge in [-0.2, -0.15) is 0 Å². The first-order valence-corrected chi connectivity index (χ1v) is 11.2. The highest BCUT2D eigenvalue weighted by molar-refractivity contribution is 6.04. The molecule has 0 aliphatic carbocycles. The van der Waals surface area contributed by atoms with Crippen LogP contribution in [0.4, 0.5) is 11.5 Å². The second kappa shape index (κ2) is 11.1. The summed E-state index contributed by atoms with van der Waals surface area (Å²) in [5.41, 5.74) is 4.47. The van der Waals surface area contributed by atoms with E-state index in [1.54, 1.807) is 7.11 Å². The molecular formula is C25H35N3O2. The number of nitrogens with zero attached hydrogens (tertiary/aromatic N) is 3. The van der Waals surface area contributed by atoms with Crippen LogP contribution in [-0.2, 0) is 11.2 Å². The Morgan fingerprint density at radius 3 is 2.60 bits per heavy atom. The lowest BCUT2D eigenvalue weighted by molar-refractivity contribution is 0.141. The van der Waals surface area contributed by atoms with Crippen LogP contribution in [-0.4, -0.2) is 44.1 Å². The van der Waals surface area contributed by atoms with E-state index in [-0.39, 0.29) is 0 Å². The fraction of sp³-hybridized carbons (Fsp3) is 0.520. The van der Waals surface area contributed by atoms with Crippen LogP contribution >= 0.6 is 0 Å². The zero-order valence-corrected chi connectivity index (χ0v) is 18.9. The van der Waals surface area contributed by atoms with E-state index in [1.807, 2.05) is 25.3 Å². The molecule has 1 aliphatic rings. The van der Waals surface area contributed by atoms with Crippen LogP contribution in [0.5, 0.6) is 5.75 Å². The van der Waals surface area contributed by atoms with Crippen molar-refractivity contribution in [2.24, 2.45) is 10.9 Å². The van der Waals surface area contributed by atoms with Crippen molar-refractivity contribution < 1.29 is 9.47 Å². The van der Waals surface area contributed by atoms with Gasteiger partial charge in [-0.05, 0) is 70.7 Å². The minimum Gasteiger partial charge on any atom is -0.496 e. The van der Waals surface area contributed by atoms with E-state index in [1.165, 1.54) is 5.56 Å². The number of aromatic nitrogens is 1. The Morgan fingerprint density at radius 2 is 1.93 bits per heavy atom. The predicted octanol–water partition coefficient (Wildman–Crippen LogP) is 5.44. The van der Waals surface area contributed by atoms with Crippen molar-refractivity contribution in [3.63, 3.8) is 0 Å². The number of anilines is 1. The van der Waals surface area contributed by atoms with Gasteiger partial charge in [-0.3, -0.25) is 4.99 Å². The Kier molecular flexibility index (Phi) is 8.26. The number of rotatable bonds is 10. The summed E-state index contributed by atoms with van der Waals surface area (Å²) in [6.07, 6.45) is 6.11. The minimum atomic E-state index is 0.378. The van der Waals surface area contributed by atoms with Crippen LogP contribution in [0.25, 0.3) is 0 Å². The number of fused-ring (bicyclic) bond motifs is 1. The maximum Gasteiger partial charge on any atom is 0.128 e. The van der Waals surface area contributed by atoms with E-state index in [2.05, 4.69) is 36.9 Å². The fourth-order valence-corrected chi connectivity index (χ4v) is 4.21. The summed E-state index contributed by atoms with van der Waals surface area (Å²) < 4.78 is 11.2. The second-order valence-corrected chi connectivity index (χ2v) is 7.61. The number of hydrogen-bond acceptors (Lipinski definition) is 5. The molecule has 5 heteroatoms. The van der Waals surface area contributed by atoms with Gasteiger partial charge in [-0.15, -0.1) is 0 Å². The molecule has 0 spiro atoms. The third-order valence-electron chi connectivity index (χ3n) is 5.88. The van der Waals surface area contributed by atoms with E-state index in [4.69, 9.17) is 19.5 Å². The lowest BCUT2D eigenvalue weighted by Crippen LogP contribution is -2.23. The van der Waals surface area contributed by atoms with Crippen LogP contribution < -0.4 is 9.64 Å². The predicted molar refractivity (Wildman–Crippen MR) is 125 cm³/mol. The number of benzene rings is 1. The summed E-state index contributed by atoms with van der Waals surface area (Å²) in [6.45, 7) is 9.85.